The van der Waals surface area contributed by atoms with Crippen molar-refractivity contribution in [3.05, 3.63) is 0 Å². The van der Waals surface area contributed by atoms with Crippen molar-refractivity contribution in [3.8, 4) is 0 Å². The second kappa shape index (κ2) is 10.4. The van der Waals surface area contributed by atoms with Gasteiger partial charge in [0.1, 0.15) is 24.4 Å². The summed E-state index contributed by atoms with van der Waals surface area (Å²) < 4.78 is 25.4. The number of aliphatic hydroxyl groups is 4. The van der Waals surface area contributed by atoms with E-state index in [9.17, 15) is 20.4 Å². The molecule has 3 aliphatic heterocycles. The van der Waals surface area contributed by atoms with E-state index in [4.69, 9.17) is 18.9 Å². The highest BCUT2D eigenvalue weighted by atomic mass is 16.7. The van der Waals surface area contributed by atoms with Crippen molar-refractivity contribution in [3.63, 3.8) is 0 Å². The molecule has 0 aromatic heterocycles. The Morgan fingerprint density at radius 2 is 1.61 bits per heavy atom. The Balaban J connectivity index is 1.03. The molecular formula is C33H54O8. The van der Waals surface area contributed by atoms with Gasteiger partial charge in [0.05, 0.1) is 25.4 Å². The van der Waals surface area contributed by atoms with E-state index in [-0.39, 0.29) is 17.3 Å². The lowest BCUT2D eigenvalue weighted by Gasteiger charge is -2.61. The van der Waals surface area contributed by atoms with Gasteiger partial charge >= 0.3 is 0 Å². The first-order chi connectivity index (χ1) is 19.5. The van der Waals surface area contributed by atoms with Crippen molar-refractivity contribution in [2.24, 2.45) is 52.3 Å². The van der Waals surface area contributed by atoms with Crippen LogP contribution < -0.4 is 0 Å². The molecule has 0 amide bonds. The molecule has 41 heavy (non-hydrogen) atoms. The lowest BCUT2D eigenvalue weighted by atomic mass is 9.44. The van der Waals surface area contributed by atoms with Crippen LogP contribution in [0.15, 0.2) is 0 Å². The Morgan fingerprint density at radius 1 is 0.829 bits per heavy atom. The zero-order valence-corrected chi connectivity index (χ0v) is 25.5. The molecule has 4 aliphatic carbocycles. The van der Waals surface area contributed by atoms with Gasteiger partial charge in [-0.05, 0) is 104 Å². The van der Waals surface area contributed by atoms with Gasteiger partial charge in [-0.3, -0.25) is 0 Å². The van der Waals surface area contributed by atoms with Gasteiger partial charge in [-0.25, -0.2) is 0 Å². The topological polar surface area (TPSA) is 118 Å². The Morgan fingerprint density at radius 3 is 2.34 bits per heavy atom. The second-order valence-electron chi connectivity index (χ2n) is 15.9. The van der Waals surface area contributed by atoms with Gasteiger partial charge in [0, 0.05) is 12.3 Å². The summed E-state index contributed by atoms with van der Waals surface area (Å²) in [6, 6.07) is 0. The van der Waals surface area contributed by atoms with Crippen molar-refractivity contribution in [2.45, 2.75) is 141 Å². The van der Waals surface area contributed by atoms with E-state index in [1.807, 2.05) is 0 Å². The van der Waals surface area contributed by atoms with Crippen LogP contribution >= 0.6 is 0 Å². The summed E-state index contributed by atoms with van der Waals surface area (Å²) >= 11 is 0. The fraction of sp³-hybridized carbons (Fsp3) is 1.00. The van der Waals surface area contributed by atoms with Crippen LogP contribution in [0.3, 0.4) is 0 Å². The molecule has 8 heteroatoms. The van der Waals surface area contributed by atoms with Crippen molar-refractivity contribution in [2.75, 3.05) is 13.2 Å². The highest BCUT2D eigenvalue weighted by Gasteiger charge is 2.69. The maximum atomic E-state index is 10.5. The molecule has 7 rings (SSSR count). The Bertz CT molecular complexity index is 967. The molecular weight excluding hydrogens is 524 g/mol. The van der Waals surface area contributed by atoms with Gasteiger partial charge in [-0.15, -0.1) is 0 Å². The lowest BCUT2D eigenvalue weighted by molar-refractivity contribution is -0.316. The molecule has 3 saturated heterocycles. The smallest absolute Gasteiger partial charge is 0.186 e. The number of rotatable bonds is 3. The first-order valence-electron chi connectivity index (χ1n) is 16.8. The van der Waals surface area contributed by atoms with Gasteiger partial charge in [0.15, 0.2) is 12.1 Å². The molecule has 0 aromatic carbocycles. The predicted molar refractivity (Wildman–Crippen MR) is 150 cm³/mol. The van der Waals surface area contributed by atoms with Crippen molar-refractivity contribution >= 4 is 0 Å². The quantitative estimate of drug-likeness (QED) is 0.375. The predicted octanol–water partition coefficient (Wildman–Crippen LogP) is 3.62. The SMILES string of the molecule is CC1CC[C@@]2(OC1)O[C@H]1C[C@H]3[C@@H]4CCC5CC(O[C@H]6O[C@H](CO)[C@H](O)[C@H](O)[C@H]6O)CC[C@]5(C)[C@H]4CC[C@]3(C)[C@H]1[C@@H]2C. The highest BCUT2D eigenvalue weighted by Crippen LogP contribution is 2.71. The first kappa shape index (κ1) is 29.4. The normalized spacial score (nSPS) is 60.3. The van der Waals surface area contributed by atoms with Crippen molar-refractivity contribution in [1.29, 1.82) is 0 Å². The van der Waals surface area contributed by atoms with Crippen molar-refractivity contribution in [1.82, 2.24) is 0 Å². The molecule has 7 aliphatic rings. The number of ether oxygens (including phenoxy) is 4. The Hall–Kier alpha value is -0.320. The monoisotopic (exact) mass is 578 g/mol. The molecule has 3 heterocycles. The number of aliphatic hydroxyl groups excluding tert-OH is 4. The molecule has 1 spiro atoms. The van der Waals surface area contributed by atoms with Crippen LogP contribution in [-0.4, -0.2) is 82.3 Å². The number of hydrogen-bond donors (Lipinski definition) is 4. The largest absolute Gasteiger partial charge is 0.394 e. The van der Waals surface area contributed by atoms with Crippen LogP contribution in [0.2, 0.25) is 0 Å². The maximum Gasteiger partial charge on any atom is 0.186 e. The summed E-state index contributed by atoms with van der Waals surface area (Å²) in [7, 11) is 0. The minimum absolute atomic E-state index is 0.0607. The number of fused-ring (bicyclic) bond motifs is 7. The van der Waals surface area contributed by atoms with E-state index in [0.29, 0.717) is 35.2 Å². The fourth-order valence-corrected chi connectivity index (χ4v) is 11.7. The minimum atomic E-state index is -1.40. The number of hydrogen-bond acceptors (Lipinski definition) is 8. The summed E-state index contributed by atoms with van der Waals surface area (Å²) in [5.41, 5.74) is 0.612. The molecule has 0 aromatic rings. The lowest BCUT2D eigenvalue weighted by Crippen LogP contribution is -2.60. The van der Waals surface area contributed by atoms with Crippen molar-refractivity contribution < 1.29 is 39.4 Å². The van der Waals surface area contributed by atoms with E-state index in [1.54, 1.807) is 0 Å². The molecule has 17 atom stereocenters. The summed E-state index contributed by atoms with van der Waals surface area (Å²) in [6.07, 6.45) is 5.64. The average Bonchev–Trinajstić information content (AvgIpc) is 3.40. The fourth-order valence-electron chi connectivity index (χ4n) is 11.7. The van der Waals surface area contributed by atoms with Gasteiger partial charge < -0.3 is 39.4 Å². The maximum absolute atomic E-state index is 10.5. The van der Waals surface area contributed by atoms with E-state index in [2.05, 4.69) is 27.7 Å². The Labute approximate surface area is 245 Å². The summed E-state index contributed by atoms with van der Waals surface area (Å²) in [5.74, 6) is 4.08. The van der Waals surface area contributed by atoms with Gasteiger partial charge in [0.2, 0.25) is 0 Å². The molecule has 7 fully saturated rings. The van der Waals surface area contributed by atoms with Crippen LogP contribution in [-0.2, 0) is 18.9 Å². The summed E-state index contributed by atoms with van der Waals surface area (Å²) in [5, 5.41) is 40.4. The first-order valence-corrected chi connectivity index (χ1v) is 16.8. The van der Waals surface area contributed by atoms with Crippen LogP contribution in [0.5, 0.6) is 0 Å². The summed E-state index contributed by atoms with van der Waals surface area (Å²) in [6.45, 7) is 10.3. The zero-order chi connectivity index (χ0) is 28.9. The molecule has 4 N–H and O–H groups in total. The van der Waals surface area contributed by atoms with E-state index in [1.165, 1.54) is 38.5 Å². The van der Waals surface area contributed by atoms with Gasteiger partial charge in [0.25, 0.3) is 0 Å². The third-order valence-electron chi connectivity index (χ3n) is 14.1. The molecule has 8 nitrogen and oxygen atoms in total. The average molecular weight is 579 g/mol. The molecule has 3 unspecified atom stereocenters. The van der Waals surface area contributed by atoms with Gasteiger partial charge in [-0.1, -0.05) is 27.7 Å². The van der Waals surface area contributed by atoms with Crippen LogP contribution in [0.1, 0.15) is 91.9 Å². The van der Waals surface area contributed by atoms with Crippen LogP contribution in [0, 0.1) is 52.3 Å². The summed E-state index contributed by atoms with van der Waals surface area (Å²) in [4.78, 5) is 0. The molecule has 0 radical (unpaired) electrons. The third-order valence-corrected chi connectivity index (χ3v) is 14.1. The Kier molecular flexibility index (Phi) is 7.43. The van der Waals surface area contributed by atoms with E-state index in [0.717, 1.165) is 50.0 Å². The third kappa shape index (κ3) is 4.36. The molecule has 0 bridgehead atoms. The van der Waals surface area contributed by atoms with E-state index < -0.39 is 37.3 Å². The minimum Gasteiger partial charge on any atom is -0.394 e. The van der Waals surface area contributed by atoms with E-state index >= 15 is 0 Å². The molecule has 4 saturated carbocycles. The highest BCUT2D eigenvalue weighted by molar-refractivity contribution is 5.15. The van der Waals surface area contributed by atoms with Crippen LogP contribution in [0.25, 0.3) is 0 Å². The second-order valence-corrected chi connectivity index (χ2v) is 15.9. The standard InChI is InChI=1S/C33H54O8/c1-17-7-12-33(38-16-17)18(2)26-24(41-33)14-23-21-6-5-19-13-20(8-10-31(19,3)22(21)9-11-32(23,26)4)39-30-29(37)28(36)27(35)25(15-34)40-30/h17-30,34-37H,5-16H2,1-4H3/t17?,18-,19?,20?,21+,22-,23-,24-,25+,26-,27-,28-,29+,30-,31-,32-,33+/m0/s1. The van der Waals surface area contributed by atoms with Crippen LogP contribution in [0.4, 0.5) is 0 Å². The molecule has 234 valence electrons. The van der Waals surface area contributed by atoms with Gasteiger partial charge in [-0.2, -0.15) is 0 Å². The zero-order valence-electron chi connectivity index (χ0n) is 25.5.